The molecule has 5 rings (SSSR count). The Morgan fingerprint density at radius 2 is 1.97 bits per heavy atom. The van der Waals surface area contributed by atoms with Gasteiger partial charge in [-0.25, -0.2) is 28.2 Å². The van der Waals surface area contributed by atoms with Gasteiger partial charge in [0.25, 0.3) is 0 Å². The Morgan fingerprint density at radius 3 is 2.74 bits per heavy atom. The van der Waals surface area contributed by atoms with Gasteiger partial charge in [-0.05, 0) is 24.1 Å². The van der Waals surface area contributed by atoms with Crippen molar-refractivity contribution in [3.05, 3.63) is 30.6 Å². The van der Waals surface area contributed by atoms with Crippen molar-refractivity contribution >= 4 is 48.7 Å². The number of benzene rings is 1. The van der Waals surface area contributed by atoms with Gasteiger partial charge >= 0.3 is 12.7 Å². The van der Waals surface area contributed by atoms with Crippen molar-refractivity contribution in [2.24, 2.45) is 5.92 Å². The van der Waals surface area contributed by atoms with Crippen LogP contribution in [0.25, 0.3) is 10.2 Å². The number of alkyl halides is 2. The minimum absolute atomic E-state index is 0.116. The molecule has 1 aromatic carbocycles. The number of hydrogen-bond donors (Lipinski definition) is 2. The van der Waals surface area contributed by atoms with Gasteiger partial charge in [-0.1, -0.05) is 18.3 Å². The molecule has 2 saturated heterocycles. The molecule has 0 saturated carbocycles. The molecule has 2 unspecified atom stereocenters. The number of nitrogens with zero attached hydrogens (tertiary/aromatic N) is 5. The molecule has 2 aromatic heterocycles. The summed E-state index contributed by atoms with van der Waals surface area (Å²) in [5.41, 5.74) is 0.682. The van der Waals surface area contributed by atoms with Crippen molar-refractivity contribution in [1.82, 2.24) is 24.2 Å². The largest absolute Gasteiger partial charge is 0.447 e. The Kier molecular flexibility index (Phi) is 7.45. The third kappa shape index (κ3) is 5.71. The fourth-order valence-electron chi connectivity index (χ4n) is 4.14. The van der Waals surface area contributed by atoms with Crippen LogP contribution in [0.15, 0.2) is 35.5 Å². The number of thiazole rings is 1. The Hall–Kier alpha value is -3.37. The summed E-state index contributed by atoms with van der Waals surface area (Å²) in [5.74, 6) is 0.304. The number of sulfonamides is 1. The van der Waals surface area contributed by atoms with Gasteiger partial charge in [0, 0.05) is 32.7 Å². The third-order valence-electron chi connectivity index (χ3n) is 6.14. The lowest BCUT2D eigenvalue weighted by atomic mass is 10.2. The molecule has 2 fully saturated rings. The molecule has 38 heavy (non-hydrogen) atoms. The predicted molar refractivity (Wildman–Crippen MR) is 135 cm³/mol. The standard InChI is InChI=1S/C22H25F2N7O5S2/c1-13(7-25-20-26-9-15(10-27-20)36-19(23)24)8-28-21-29-17-3-2-16(6-18(17)37-21)38(33,34)30-4-5-31-14(11-30)12-35-22(31)32/h2-3,6,9-10,13-14,19H,4-5,7-8,11-12H2,1H3,(H,28,29)(H,25,26,27). The number of hydrogen-bond acceptors (Lipinski definition) is 11. The molecule has 2 atom stereocenters. The van der Waals surface area contributed by atoms with E-state index < -0.39 is 22.7 Å². The second-order valence-corrected chi connectivity index (χ2v) is 11.9. The van der Waals surface area contributed by atoms with Crippen molar-refractivity contribution in [3.63, 3.8) is 0 Å². The summed E-state index contributed by atoms with van der Waals surface area (Å²) in [6.45, 7) is 1.05. The van der Waals surface area contributed by atoms with Gasteiger partial charge in [0.05, 0.1) is 33.5 Å². The maximum Gasteiger partial charge on any atom is 0.410 e. The van der Waals surface area contributed by atoms with Crippen LogP contribution in [0.4, 0.5) is 24.7 Å². The zero-order valence-electron chi connectivity index (χ0n) is 20.2. The van der Waals surface area contributed by atoms with Crippen LogP contribution in [0.5, 0.6) is 5.75 Å². The molecule has 12 nitrogen and oxygen atoms in total. The Labute approximate surface area is 221 Å². The van der Waals surface area contributed by atoms with Crippen LogP contribution in [-0.2, 0) is 14.8 Å². The van der Waals surface area contributed by atoms with E-state index >= 15 is 0 Å². The quantitative estimate of drug-likeness (QED) is 0.375. The monoisotopic (exact) mass is 569 g/mol. The number of carbonyl (C=O) groups is 1. The van der Waals surface area contributed by atoms with Crippen LogP contribution in [0.1, 0.15) is 6.92 Å². The van der Waals surface area contributed by atoms with E-state index in [2.05, 4.69) is 30.3 Å². The molecule has 4 heterocycles. The first-order valence-corrected chi connectivity index (χ1v) is 14.0. The number of aromatic nitrogens is 3. The van der Waals surface area contributed by atoms with E-state index in [0.29, 0.717) is 36.2 Å². The van der Waals surface area contributed by atoms with Gasteiger partial charge < -0.3 is 20.1 Å². The average molecular weight is 570 g/mol. The number of carbonyl (C=O) groups excluding carboxylic acids is 1. The molecule has 0 aliphatic carbocycles. The van der Waals surface area contributed by atoms with Gasteiger partial charge in [-0.15, -0.1) is 0 Å². The summed E-state index contributed by atoms with van der Waals surface area (Å²) in [5, 5.41) is 6.95. The number of piperazine rings is 1. The van der Waals surface area contributed by atoms with Crippen LogP contribution in [0, 0.1) is 5.92 Å². The molecule has 1 amide bonds. The highest BCUT2D eigenvalue weighted by Crippen LogP contribution is 2.30. The Morgan fingerprint density at radius 1 is 1.21 bits per heavy atom. The number of ether oxygens (including phenoxy) is 2. The normalized spacial score (nSPS) is 18.9. The highest BCUT2D eigenvalue weighted by atomic mass is 32.2. The molecule has 3 aromatic rings. The zero-order chi connectivity index (χ0) is 26.9. The van der Waals surface area contributed by atoms with Crippen molar-refractivity contribution in [2.45, 2.75) is 24.5 Å². The van der Waals surface area contributed by atoms with E-state index in [0.717, 1.165) is 4.70 Å². The lowest BCUT2D eigenvalue weighted by Crippen LogP contribution is -2.53. The van der Waals surface area contributed by atoms with Gasteiger partial charge in [-0.3, -0.25) is 4.90 Å². The van der Waals surface area contributed by atoms with Crippen molar-refractivity contribution in [1.29, 1.82) is 0 Å². The second-order valence-electron chi connectivity index (χ2n) is 8.92. The highest BCUT2D eigenvalue weighted by molar-refractivity contribution is 7.89. The molecule has 0 bridgehead atoms. The van der Waals surface area contributed by atoms with Gasteiger partial charge in [0.2, 0.25) is 16.0 Å². The molecule has 2 N–H and O–H groups in total. The Bertz CT molecular complexity index is 1410. The number of rotatable bonds is 10. The van der Waals surface area contributed by atoms with E-state index in [1.807, 2.05) is 6.92 Å². The molecular formula is C22H25F2N7O5S2. The smallest absolute Gasteiger partial charge is 0.410 e. The van der Waals surface area contributed by atoms with Gasteiger partial charge in [0.15, 0.2) is 10.9 Å². The maximum atomic E-state index is 13.3. The first-order valence-electron chi connectivity index (χ1n) is 11.8. The lowest BCUT2D eigenvalue weighted by molar-refractivity contribution is -0.0503. The predicted octanol–water partition coefficient (Wildman–Crippen LogP) is 2.67. The number of fused-ring (bicyclic) bond motifs is 2. The van der Waals surface area contributed by atoms with Crippen molar-refractivity contribution in [2.75, 3.05) is 50.0 Å². The minimum atomic E-state index is -3.74. The fourth-order valence-corrected chi connectivity index (χ4v) is 6.62. The fraction of sp³-hybridized carbons (Fsp3) is 0.455. The molecule has 2 aliphatic heterocycles. The van der Waals surface area contributed by atoms with E-state index in [9.17, 15) is 22.0 Å². The average Bonchev–Trinajstić information content (AvgIpc) is 3.49. The van der Waals surface area contributed by atoms with Crippen LogP contribution in [0.3, 0.4) is 0 Å². The number of nitrogens with one attached hydrogen (secondary N) is 2. The van der Waals surface area contributed by atoms with E-state index in [4.69, 9.17) is 4.74 Å². The number of cyclic esters (lactones) is 1. The van der Waals surface area contributed by atoms with Crippen molar-refractivity contribution < 1.29 is 31.5 Å². The first-order chi connectivity index (χ1) is 18.2. The summed E-state index contributed by atoms with van der Waals surface area (Å²) in [6.07, 6.45) is 1.95. The molecule has 16 heteroatoms. The number of anilines is 2. The van der Waals surface area contributed by atoms with Crippen LogP contribution in [-0.4, -0.2) is 90.7 Å². The van der Waals surface area contributed by atoms with Crippen LogP contribution < -0.4 is 15.4 Å². The van der Waals surface area contributed by atoms with Gasteiger partial charge in [-0.2, -0.15) is 13.1 Å². The van der Waals surface area contributed by atoms with E-state index in [1.165, 1.54) is 28.0 Å². The Balaban J connectivity index is 1.16. The first kappa shape index (κ1) is 26.2. The van der Waals surface area contributed by atoms with Crippen LogP contribution in [0.2, 0.25) is 0 Å². The lowest BCUT2D eigenvalue weighted by Gasteiger charge is -2.34. The van der Waals surface area contributed by atoms with E-state index in [1.54, 1.807) is 23.1 Å². The van der Waals surface area contributed by atoms with Gasteiger partial charge in [0.1, 0.15) is 6.61 Å². The zero-order valence-corrected chi connectivity index (χ0v) is 21.8. The number of halogens is 2. The molecule has 2 aliphatic rings. The van der Waals surface area contributed by atoms with Crippen LogP contribution >= 0.6 is 11.3 Å². The molecule has 0 radical (unpaired) electrons. The minimum Gasteiger partial charge on any atom is -0.447 e. The SMILES string of the molecule is CC(CNc1ncc(OC(F)F)cn1)CNc1nc2ccc(S(=O)(=O)N3CCN4C(=O)OCC4C3)cc2s1. The van der Waals surface area contributed by atoms with Crippen molar-refractivity contribution in [3.8, 4) is 5.75 Å². The summed E-state index contributed by atoms with van der Waals surface area (Å²) < 4.78 is 62.4. The maximum absolute atomic E-state index is 13.3. The summed E-state index contributed by atoms with van der Waals surface area (Å²) in [4.78, 5) is 25.9. The second kappa shape index (κ2) is 10.8. The summed E-state index contributed by atoms with van der Waals surface area (Å²) >= 11 is 1.35. The molecule has 0 spiro atoms. The number of amides is 1. The molecule has 204 valence electrons. The summed E-state index contributed by atoms with van der Waals surface area (Å²) in [7, 11) is -3.74. The highest BCUT2D eigenvalue weighted by Gasteiger charge is 2.41. The molecular weight excluding hydrogens is 544 g/mol. The summed E-state index contributed by atoms with van der Waals surface area (Å²) in [6, 6.07) is 4.59. The van der Waals surface area contributed by atoms with E-state index in [-0.39, 0.29) is 42.3 Å². The third-order valence-corrected chi connectivity index (χ3v) is 8.98. The topological polar surface area (TPSA) is 139 Å².